The van der Waals surface area contributed by atoms with E-state index < -0.39 is 11.8 Å². The lowest BCUT2D eigenvalue weighted by molar-refractivity contribution is -0.145. The predicted molar refractivity (Wildman–Crippen MR) is 57.3 cm³/mol. The summed E-state index contributed by atoms with van der Waals surface area (Å²) < 4.78 is 9.88. The zero-order valence-electron chi connectivity index (χ0n) is 9.43. The van der Waals surface area contributed by atoms with Crippen LogP contribution in [-0.4, -0.2) is 48.2 Å². The van der Waals surface area contributed by atoms with Crippen molar-refractivity contribution in [3.05, 3.63) is 11.8 Å². The topological polar surface area (TPSA) is 84.7 Å². The van der Waals surface area contributed by atoms with Crippen molar-refractivity contribution in [2.45, 2.75) is 6.92 Å². The van der Waals surface area contributed by atoms with Gasteiger partial charge in [0.1, 0.15) is 5.76 Å². The molecule has 2 rings (SSSR count). The minimum atomic E-state index is -0.708. The number of hydrogen-bond acceptors (Lipinski definition) is 5. The lowest BCUT2D eigenvalue weighted by atomic mass is 10.4. The molecule has 0 atom stereocenters. The molecule has 0 radical (unpaired) electrons. The Labute approximate surface area is 97.7 Å². The number of hydrogen-bond donors (Lipinski definition) is 1. The van der Waals surface area contributed by atoms with Crippen LogP contribution in [0.15, 0.2) is 10.6 Å². The van der Waals surface area contributed by atoms with Crippen LogP contribution in [0.25, 0.3) is 0 Å². The van der Waals surface area contributed by atoms with E-state index in [0.29, 0.717) is 32.1 Å². The summed E-state index contributed by atoms with van der Waals surface area (Å²) >= 11 is 0. The van der Waals surface area contributed by atoms with Gasteiger partial charge in [0, 0.05) is 19.2 Å². The summed E-state index contributed by atoms with van der Waals surface area (Å²) in [6, 6.07) is 1.55. The molecule has 7 nitrogen and oxygen atoms in total. The quantitative estimate of drug-likeness (QED) is 0.685. The number of anilines is 1. The molecule has 1 N–H and O–H groups in total. The fourth-order valence-electron chi connectivity index (χ4n) is 1.51. The molecule has 1 aromatic rings. The van der Waals surface area contributed by atoms with Crippen molar-refractivity contribution in [3.63, 3.8) is 0 Å². The van der Waals surface area contributed by atoms with Crippen LogP contribution in [0.4, 0.5) is 5.82 Å². The standard InChI is InChI=1S/C10H13N3O4/c1-7-6-8(12-17-7)11-9(14)10(15)13-2-4-16-5-3-13/h6H,2-5H2,1H3,(H,11,12,14). The molecule has 1 aliphatic heterocycles. The van der Waals surface area contributed by atoms with Crippen molar-refractivity contribution < 1.29 is 18.8 Å². The second-order valence-corrected chi connectivity index (χ2v) is 3.68. The number of carbonyl (C=O) groups is 2. The molecule has 92 valence electrons. The molecule has 2 amide bonds. The molecule has 1 aliphatic rings. The van der Waals surface area contributed by atoms with Crippen molar-refractivity contribution in [2.75, 3.05) is 31.6 Å². The van der Waals surface area contributed by atoms with Crippen molar-refractivity contribution >= 4 is 17.6 Å². The first-order valence-electron chi connectivity index (χ1n) is 5.28. The Bertz CT molecular complexity index is 423. The lowest BCUT2D eigenvalue weighted by Gasteiger charge is -2.25. The molecule has 0 spiro atoms. The van der Waals surface area contributed by atoms with Gasteiger partial charge in [0.15, 0.2) is 5.82 Å². The highest BCUT2D eigenvalue weighted by Crippen LogP contribution is 2.07. The van der Waals surface area contributed by atoms with E-state index in [9.17, 15) is 9.59 Å². The number of nitrogens with one attached hydrogen (secondary N) is 1. The first kappa shape index (κ1) is 11.6. The maximum absolute atomic E-state index is 11.7. The van der Waals surface area contributed by atoms with E-state index in [4.69, 9.17) is 9.26 Å². The predicted octanol–water partition coefficient (Wildman–Crippen LogP) is -0.220. The normalized spacial score (nSPS) is 15.7. The van der Waals surface area contributed by atoms with Gasteiger partial charge in [0.2, 0.25) is 0 Å². The van der Waals surface area contributed by atoms with Gasteiger partial charge in [0.05, 0.1) is 13.2 Å². The SMILES string of the molecule is Cc1cc(NC(=O)C(=O)N2CCOCC2)no1. The van der Waals surface area contributed by atoms with Gasteiger partial charge >= 0.3 is 11.8 Å². The van der Waals surface area contributed by atoms with Crippen LogP contribution in [-0.2, 0) is 14.3 Å². The van der Waals surface area contributed by atoms with E-state index in [1.165, 1.54) is 4.90 Å². The monoisotopic (exact) mass is 239 g/mol. The summed E-state index contributed by atoms with van der Waals surface area (Å²) in [5.74, 6) is -0.470. The maximum Gasteiger partial charge on any atom is 0.315 e. The fourth-order valence-corrected chi connectivity index (χ4v) is 1.51. The van der Waals surface area contributed by atoms with Crippen LogP contribution < -0.4 is 5.32 Å². The average molecular weight is 239 g/mol. The van der Waals surface area contributed by atoms with Gasteiger partial charge in [-0.05, 0) is 6.92 Å². The van der Waals surface area contributed by atoms with Gasteiger partial charge in [-0.3, -0.25) is 14.9 Å². The maximum atomic E-state index is 11.7. The van der Waals surface area contributed by atoms with Crippen molar-refractivity contribution in [2.24, 2.45) is 0 Å². The van der Waals surface area contributed by atoms with E-state index in [1.54, 1.807) is 13.0 Å². The lowest BCUT2D eigenvalue weighted by Crippen LogP contribution is -2.45. The number of carbonyl (C=O) groups excluding carboxylic acids is 2. The number of ether oxygens (including phenoxy) is 1. The molecule has 1 saturated heterocycles. The van der Waals surface area contributed by atoms with E-state index in [1.807, 2.05) is 0 Å². The highest BCUT2D eigenvalue weighted by molar-refractivity contribution is 6.39. The number of amides is 2. The van der Waals surface area contributed by atoms with Crippen LogP contribution in [0, 0.1) is 6.92 Å². The van der Waals surface area contributed by atoms with Crippen molar-refractivity contribution in [3.8, 4) is 0 Å². The van der Waals surface area contributed by atoms with E-state index >= 15 is 0 Å². The van der Waals surface area contributed by atoms with Crippen LogP contribution in [0.1, 0.15) is 5.76 Å². The first-order valence-corrected chi connectivity index (χ1v) is 5.28. The molecule has 0 unspecified atom stereocenters. The van der Waals surface area contributed by atoms with Gasteiger partial charge in [-0.15, -0.1) is 0 Å². The minimum absolute atomic E-state index is 0.245. The van der Waals surface area contributed by atoms with E-state index in [2.05, 4.69) is 10.5 Å². The Balaban J connectivity index is 1.92. The smallest absolute Gasteiger partial charge is 0.315 e. The number of morpholine rings is 1. The molecular formula is C10H13N3O4. The van der Waals surface area contributed by atoms with Gasteiger partial charge in [0.25, 0.3) is 0 Å². The fraction of sp³-hybridized carbons (Fsp3) is 0.500. The molecule has 0 aromatic carbocycles. The Morgan fingerprint density at radius 3 is 2.71 bits per heavy atom. The Morgan fingerprint density at radius 1 is 1.41 bits per heavy atom. The van der Waals surface area contributed by atoms with Gasteiger partial charge in [-0.25, -0.2) is 0 Å². The van der Waals surface area contributed by atoms with Crippen LogP contribution >= 0.6 is 0 Å². The number of rotatable bonds is 1. The highest BCUT2D eigenvalue weighted by atomic mass is 16.5. The number of aryl methyl sites for hydroxylation is 1. The molecule has 17 heavy (non-hydrogen) atoms. The molecule has 0 bridgehead atoms. The molecule has 1 aromatic heterocycles. The van der Waals surface area contributed by atoms with Crippen LogP contribution in [0.2, 0.25) is 0 Å². The molecule has 7 heteroatoms. The second-order valence-electron chi connectivity index (χ2n) is 3.68. The van der Waals surface area contributed by atoms with Crippen LogP contribution in [0.5, 0.6) is 0 Å². The summed E-state index contributed by atoms with van der Waals surface area (Å²) in [5.41, 5.74) is 0. The molecule has 0 aliphatic carbocycles. The zero-order valence-corrected chi connectivity index (χ0v) is 9.43. The highest BCUT2D eigenvalue weighted by Gasteiger charge is 2.24. The third kappa shape index (κ3) is 2.82. The third-order valence-electron chi connectivity index (χ3n) is 2.36. The van der Waals surface area contributed by atoms with E-state index in [-0.39, 0.29) is 5.82 Å². The van der Waals surface area contributed by atoms with Crippen molar-refractivity contribution in [1.82, 2.24) is 10.1 Å². The summed E-state index contributed by atoms with van der Waals surface area (Å²) in [6.07, 6.45) is 0. The Morgan fingerprint density at radius 2 is 2.12 bits per heavy atom. The largest absolute Gasteiger partial charge is 0.378 e. The van der Waals surface area contributed by atoms with E-state index in [0.717, 1.165) is 0 Å². The second kappa shape index (κ2) is 4.96. The zero-order chi connectivity index (χ0) is 12.3. The summed E-state index contributed by atoms with van der Waals surface area (Å²) in [7, 11) is 0. The number of nitrogens with zero attached hydrogens (tertiary/aromatic N) is 2. The Kier molecular flexibility index (Phi) is 3.38. The summed E-state index contributed by atoms with van der Waals surface area (Å²) in [5, 5.41) is 5.96. The van der Waals surface area contributed by atoms with Gasteiger partial charge in [-0.2, -0.15) is 0 Å². The minimum Gasteiger partial charge on any atom is -0.378 e. The number of aromatic nitrogens is 1. The molecule has 1 fully saturated rings. The van der Waals surface area contributed by atoms with Crippen LogP contribution in [0.3, 0.4) is 0 Å². The molecule has 2 heterocycles. The first-order chi connectivity index (χ1) is 8.16. The summed E-state index contributed by atoms with van der Waals surface area (Å²) in [4.78, 5) is 24.8. The molecular weight excluding hydrogens is 226 g/mol. The summed E-state index contributed by atoms with van der Waals surface area (Å²) in [6.45, 7) is 3.49. The van der Waals surface area contributed by atoms with Crippen molar-refractivity contribution in [1.29, 1.82) is 0 Å². The average Bonchev–Trinajstić information content (AvgIpc) is 2.75. The Hall–Kier alpha value is -1.89. The van der Waals surface area contributed by atoms with Gasteiger partial charge in [-0.1, -0.05) is 5.16 Å². The molecule has 0 saturated carbocycles. The van der Waals surface area contributed by atoms with Gasteiger partial charge < -0.3 is 14.2 Å². The third-order valence-corrected chi connectivity index (χ3v) is 2.36.